The van der Waals surface area contributed by atoms with Gasteiger partial charge in [0.15, 0.2) is 0 Å². The number of carbonyl (C=O) groups is 4. The first-order valence-corrected chi connectivity index (χ1v) is 14.1. The summed E-state index contributed by atoms with van der Waals surface area (Å²) in [5, 5.41) is 7.93. The smallest absolute Gasteiger partial charge is 0.417 e. The molecule has 0 saturated carbocycles. The average Bonchev–Trinajstić information content (AvgIpc) is 3.00. The summed E-state index contributed by atoms with van der Waals surface area (Å²) in [6, 6.07) is 27.4. The minimum Gasteiger partial charge on any atom is -0.461 e. The summed E-state index contributed by atoms with van der Waals surface area (Å²) in [7, 11) is 0. The van der Waals surface area contributed by atoms with Gasteiger partial charge in [-0.15, -0.1) is 0 Å². The van der Waals surface area contributed by atoms with Crippen molar-refractivity contribution in [2.75, 3.05) is 22.6 Å². The van der Waals surface area contributed by atoms with Crippen LogP contribution < -0.4 is 25.4 Å². The van der Waals surface area contributed by atoms with Crippen LogP contribution >= 0.6 is 0 Å². The fourth-order valence-electron chi connectivity index (χ4n) is 4.00. The van der Waals surface area contributed by atoms with Crippen LogP contribution in [0, 0.1) is 13.8 Å². The van der Waals surface area contributed by atoms with Gasteiger partial charge in [0.2, 0.25) is 0 Å². The molecule has 0 aliphatic carbocycles. The van der Waals surface area contributed by atoms with Crippen molar-refractivity contribution >= 4 is 41.3 Å². The third-order valence-electron chi connectivity index (χ3n) is 6.30. The molecule has 0 fully saturated rings. The molecule has 3 amide bonds. The van der Waals surface area contributed by atoms with E-state index in [9.17, 15) is 19.2 Å². The molecule has 0 radical (unpaired) electrons. The second-order valence-corrected chi connectivity index (χ2v) is 10.0. The van der Waals surface area contributed by atoms with Crippen LogP contribution in [0.5, 0.6) is 11.5 Å². The lowest BCUT2D eigenvalue weighted by atomic mass is 10.1. The minimum atomic E-state index is -0.767. The van der Waals surface area contributed by atoms with Gasteiger partial charge >= 0.3 is 24.2 Å². The van der Waals surface area contributed by atoms with E-state index in [2.05, 4.69) is 16.0 Å². The molecule has 0 aromatic heterocycles. The van der Waals surface area contributed by atoms with Gasteiger partial charge < -0.3 is 18.9 Å². The van der Waals surface area contributed by atoms with Gasteiger partial charge in [-0.2, -0.15) is 0 Å². The van der Waals surface area contributed by atoms with Gasteiger partial charge in [-0.25, -0.2) is 14.4 Å². The van der Waals surface area contributed by atoms with Crippen LogP contribution in [0.1, 0.15) is 23.6 Å². The van der Waals surface area contributed by atoms with Gasteiger partial charge in [0, 0.05) is 17.1 Å². The monoisotopic (exact) mass is 611 g/mol. The van der Waals surface area contributed by atoms with Crippen LogP contribution in [-0.4, -0.2) is 37.0 Å². The van der Waals surface area contributed by atoms with E-state index >= 15 is 0 Å². The molecule has 4 aromatic rings. The highest BCUT2D eigenvalue weighted by molar-refractivity contribution is 5.90. The molecule has 45 heavy (non-hydrogen) atoms. The lowest BCUT2D eigenvalue weighted by molar-refractivity contribution is -0.145. The first-order valence-electron chi connectivity index (χ1n) is 14.1. The number of rotatable bonds is 10. The Balaban J connectivity index is 1.22. The molecule has 1 atom stereocenters. The molecule has 0 aliphatic heterocycles. The van der Waals surface area contributed by atoms with Crippen LogP contribution in [0.3, 0.4) is 0 Å². The van der Waals surface area contributed by atoms with E-state index in [1.807, 2.05) is 19.1 Å². The molecule has 0 heterocycles. The summed E-state index contributed by atoms with van der Waals surface area (Å²) in [5.74, 6) is 0.255. The fourth-order valence-corrected chi connectivity index (χ4v) is 4.00. The number of hydrogen-bond donors (Lipinski definition) is 3. The Morgan fingerprint density at radius 3 is 1.76 bits per heavy atom. The highest BCUT2D eigenvalue weighted by Crippen LogP contribution is 2.22. The van der Waals surface area contributed by atoms with Crippen molar-refractivity contribution in [1.82, 2.24) is 0 Å². The zero-order chi connectivity index (χ0) is 32.2. The zero-order valence-corrected chi connectivity index (χ0v) is 25.0. The molecule has 0 bridgehead atoms. The highest BCUT2D eigenvalue weighted by atomic mass is 16.6. The van der Waals surface area contributed by atoms with E-state index in [1.165, 1.54) is 0 Å². The maximum atomic E-state index is 12.5. The summed E-state index contributed by atoms with van der Waals surface area (Å²) >= 11 is 0. The first-order chi connectivity index (χ1) is 21.6. The topological polar surface area (TPSA) is 141 Å². The second kappa shape index (κ2) is 15.6. The molecule has 11 heteroatoms. The summed E-state index contributed by atoms with van der Waals surface area (Å²) in [4.78, 5) is 49.5. The first kappa shape index (κ1) is 32.1. The maximum Gasteiger partial charge on any atom is 0.417 e. The molecule has 232 valence electrons. The second-order valence-electron chi connectivity index (χ2n) is 10.0. The van der Waals surface area contributed by atoms with E-state index in [4.69, 9.17) is 18.9 Å². The number of ether oxygens (including phenoxy) is 4. The number of aryl methyl sites for hydroxylation is 2. The Kier molecular flexibility index (Phi) is 11.1. The van der Waals surface area contributed by atoms with Crippen molar-refractivity contribution in [1.29, 1.82) is 0 Å². The summed E-state index contributed by atoms with van der Waals surface area (Å²) < 4.78 is 21.1. The minimum absolute atomic E-state index is 0.0620. The largest absolute Gasteiger partial charge is 0.461 e. The third kappa shape index (κ3) is 10.4. The van der Waals surface area contributed by atoms with Gasteiger partial charge in [0.05, 0.1) is 6.42 Å². The molecule has 0 saturated heterocycles. The van der Waals surface area contributed by atoms with E-state index in [0.29, 0.717) is 34.1 Å². The summed E-state index contributed by atoms with van der Waals surface area (Å²) in [6.45, 7) is 5.03. The normalized spacial score (nSPS) is 11.0. The van der Waals surface area contributed by atoms with Crippen molar-refractivity contribution < 1.29 is 38.1 Å². The number of esters is 1. The predicted octanol–water partition coefficient (Wildman–Crippen LogP) is 7.25. The quantitative estimate of drug-likeness (QED) is 0.159. The Hall–Kier alpha value is -5.84. The van der Waals surface area contributed by atoms with Gasteiger partial charge in [0.1, 0.15) is 24.2 Å². The fraction of sp³-hybridized carbons (Fsp3) is 0.176. The van der Waals surface area contributed by atoms with E-state index in [0.717, 1.165) is 11.1 Å². The summed E-state index contributed by atoms with van der Waals surface area (Å²) in [6.07, 6.45) is -2.91. The number of carbonyl (C=O) groups excluding carboxylic acids is 4. The molecule has 4 rings (SSSR count). The van der Waals surface area contributed by atoms with E-state index in [1.54, 1.807) is 98.8 Å². The van der Waals surface area contributed by atoms with Crippen molar-refractivity contribution in [2.24, 2.45) is 0 Å². The average molecular weight is 612 g/mol. The molecule has 0 spiro atoms. The Labute approximate surface area is 260 Å². The van der Waals surface area contributed by atoms with Gasteiger partial charge in [-0.05, 0) is 79.9 Å². The Bertz CT molecular complexity index is 1640. The van der Waals surface area contributed by atoms with Gasteiger partial charge in [0.25, 0.3) is 0 Å². The van der Waals surface area contributed by atoms with Gasteiger partial charge in [-0.1, -0.05) is 54.6 Å². The lowest BCUT2D eigenvalue weighted by Crippen LogP contribution is -2.26. The lowest BCUT2D eigenvalue weighted by Gasteiger charge is -2.15. The molecule has 1 unspecified atom stereocenters. The van der Waals surface area contributed by atoms with Crippen LogP contribution in [-0.2, 0) is 20.7 Å². The molecule has 4 aromatic carbocycles. The maximum absolute atomic E-state index is 12.5. The number of hydrogen-bond acceptors (Lipinski definition) is 8. The van der Waals surface area contributed by atoms with E-state index in [-0.39, 0.29) is 13.0 Å². The SMILES string of the molecule is Cc1ccc(CC(=O)OCC(C)OC(=O)Nc2ccc(C)c(NC(=O)Oc3ccccc3)c2)cc1NC(=O)Oc1ccccc1. The number of para-hydroxylation sites is 2. The van der Waals surface area contributed by atoms with Crippen molar-refractivity contribution in [3.8, 4) is 11.5 Å². The van der Waals surface area contributed by atoms with Crippen molar-refractivity contribution in [2.45, 2.75) is 33.3 Å². The van der Waals surface area contributed by atoms with Crippen LogP contribution in [0.25, 0.3) is 0 Å². The van der Waals surface area contributed by atoms with Crippen LogP contribution in [0.2, 0.25) is 0 Å². The van der Waals surface area contributed by atoms with Crippen molar-refractivity contribution in [3.05, 3.63) is 114 Å². The molecule has 11 nitrogen and oxygen atoms in total. The molecular weight excluding hydrogens is 578 g/mol. The summed E-state index contributed by atoms with van der Waals surface area (Å²) in [5.41, 5.74) is 3.47. The Morgan fingerprint density at radius 1 is 0.644 bits per heavy atom. The van der Waals surface area contributed by atoms with Crippen molar-refractivity contribution in [3.63, 3.8) is 0 Å². The number of nitrogens with one attached hydrogen (secondary N) is 3. The standard InChI is InChI=1S/C34H33N3O8/c1-22-14-16-25(18-29(22)36-33(40)44-27-10-6-4-7-11-27)19-31(38)42-21-24(3)43-32(39)35-26-17-15-23(2)30(20-26)37-34(41)45-28-12-8-5-9-13-28/h4-18,20,24H,19,21H2,1-3H3,(H,35,39)(H,36,40)(H,37,41). The van der Waals surface area contributed by atoms with Crippen LogP contribution in [0.15, 0.2) is 97.1 Å². The van der Waals surface area contributed by atoms with E-state index < -0.39 is 30.4 Å². The van der Waals surface area contributed by atoms with Gasteiger partial charge in [-0.3, -0.25) is 20.7 Å². The third-order valence-corrected chi connectivity index (χ3v) is 6.30. The highest BCUT2D eigenvalue weighted by Gasteiger charge is 2.15. The number of benzene rings is 4. The predicted molar refractivity (Wildman–Crippen MR) is 169 cm³/mol. The zero-order valence-electron chi connectivity index (χ0n) is 25.0. The van der Waals surface area contributed by atoms with Crippen LogP contribution in [0.4, 0.5) is 31.4 Å². The molecule has 3 N–H and O–H groups in total. The molecule has 0 aliphatic rings. The molecular formula is C34H33N3O8. The Morgan fingerprint density at radius 2 is 1.18 bits per heavy atom. The number of anilines is 3. The number of amides is 3.